The maximum atomic E-state index is 3.51. The molecular weight excluding hydrogens is 76.1 g/mol. The SMILES string of the molecule is C=Cc1c[nH][nH]1. The van der Waals surface area contributed by atoms with Crippen LogP contribution in [0.25, 0.3) is 6.08 Å². The van der Waals surface area contributed by atoms with Gasteiger partial charge in [-0.15, -0.1) is 0 Å². The van der Waals surface area contributed by atoms with Gasteiger partial charge >= 0.3 is 0 Å². The minimum absolute atomic E-state index is 1.05. The maximum Gasteiger partial charge on any atom is 0.0709 e. The molecule has 0 atom stereocenters. The molecule has 0 aliphatic rings. The lowest BCUT2D eigenvalue weighted by atomic mass is 10.5. The zero-order valence-corrected chi connectivity index (χ0v) is 3.36. The van der Waals surface area contributed by atoms with Gasteiger partial charge in [-0.25, -0.2) is 0 Å². The summed E-state index contributed by atoms with van der Waals surface area (Å²) >= 11 is 0. The minimum atomic E-state index is 1.05. The van der Waals surface area contributed by atoms with Gasteiger partial charge in [0, 0.05) is 6.20 Å². The minimum Gasteiger partial charge on any atom is -0.306 e. The Morgan fingerprint density at radius 3 is 2.50 bits per heavy atom. The summed E-state index contributed by atoms with van der Waals surface area (Å²) in [6.07, 6.45) is 3.59. The van der Waals surface area contributed by atoms with Crippen LogP contribution in [0.3, 0.4) is 0 Å². The summed E-state index contributed by atoms with van der Waals surface area (Å²) in [5.41, 5.74) is 1.05. The van der Waals surface area contributed by atoms with Crippen LogP contribution in [-0.2, 0) is 0 Å². The van der Waals surface area contributed by atoms with Gasteiger partial charge < -0.3 is 5.10 Å². The molecule has 32 valence electrons. The first-order valence-electron chi connectivity index (χ1n) is 1.77. The highest BCUT2D eigenvalue weighted by Gasteiger charge is 1.78. The second-order valence-electron chi connectivity index (χ2n) is 1.07. The average Bonchev–Trinajstić information content (AvgIpc) is 1.31. The Kier molecular flexibility index (Phi) is 0.572. The first kappa shape index (κ1) is 3.28. The molecule has 0 unspecified atom stereocenters. The molecule has 2 heteroatoms. The molecule has 6 heavy (non-hydrogen) atoms. The molecule has 0 spiro atoms. The van der Waals surface area contributed by atoms with Crippen molar-refractivity contribution in [3.05, 3.63) is 18.5 Å². The van der Waals surface area contributed by atoms with Crippen LogP contribution in [-0.4, -0.2) is 10.2 Å². The Hall–Kier alpha value is -0.920. The fourth-order valence-electron chi connectivity index (χ4n) is 0.265. The monoisotopic (exact) mass is 82.1 g/mol. The highest BCUT2D eigenvalue weighted by Crippen LogP contribution is 1.89. The lowest BCUT2D eigenvalue weighted by Gasteiger charge is -1.93. The molecule has 0 saturated carbocycles. The summed E-state index contributed by atoms with van der Waals surface area (Å²) in [7, 11) is 0. The number of aromatic amines is 2. The number of hydrogen-bond acceptors (Lipinski definition) is 0. The molecule has 1 rings (SSSR count). The first-order chi connectivity index (χ1) is 2.93. The Labute approximate surface area is 35.9 Å². The molecule has 1 heterocycles. The number of hydrogen-bond donors (Lipinski definition) is 2. The average molecular weight is 82.1 g/mol. The van der Waals surface area contributed by atoms with Crippen LogP contribution in [0.15, 0.2) is 12.8 Å². The summed E-state index contributed by atoms with van der Waals surface area (Å²) in [6, 6.07) is 0. The molecule has 1 aromatic heterocycles. The van der Waals surface area contributed by atoms with Crippen molar-refractivity contribution < 1.29 is 0 Å². The van der Waals surface area contributed by atoms with Crippen LogP contribution >= 0.6 is 0 Å². The zero-order valence-electron chi connectivity index (χ0n) is 3.36. The van der Waals surface area contributed by atoms with Crippen molar-refractivity contribution in [1.82, 2.24) is 10.2 Å². The van der Waals surface area contributed by atoms with E-state index in [2.05, 4.69) is 16.8 Å². The van der Waals surface area contributed by atoms with Crippen molar-refractivity contribution in [3.63, 3.8) is 0 Å². The van der Waals surface area contributed by atoms with Crippen LogP contribution in [0.4, 0.5) is 0 Å². The van der Waals surface area contributed by atoms with Gasteiger partial charge in [-0.2, -0.15) is 0 Å². The molecule has 2 N–H and O–H groups in total. The molecule has 0 radical (unpaired) electrons. The Morgan fingerprint density at radius 1 is 1.83 bits per heavy atom. The fourth-order valence-corrected chi connectivity index (χ4v) is 0.265. The summed E-state index contributed by atoms with van der Waals surface area (Å²) in [6.45, 7) is 3.51. The molecule has 0 aromatic carbocycles. The quantitative estimate of drug-likeness (QED) is 0.506. The Bertz CT molecular complexity index is 118. The highest BCUT2D eigenvalue weighted by molar-refractivity contribution is 5.39. The van der Waals surface area contributed by atoms with Gasteiger partial charge in [-0.3, -0.25) is 5.10 Å². The van der Waals surface area contributed by atoms with Crippen LogP contribution in [0, 0.1) is 0 Å². The second-order valence-corrected chi connectivity index (χ2v) is 1.07. The standard InChI is InChI=1S/C4H6N2/c1-2-4-3-5-6-4/h2-3,5-6H,1H2. The van der Waals surface area contributed by atoms with Crippen LogP contribution < -0.4 is 0 Å². The van der Waals surface area contributed by atoms with Crippen LogP contribution in [0.2, 0.25) is 0 Å². The molecule has 0 saturated heterocycles. The molecule has 0 amide bonds. The third-order valence-electron chi connectivity index (χ3n) is 0.664. The summed E-state index contributed by atoms with van der Waals surface area (Å²) in [4.78, 5) is 0. The van der Waals surface area contributed by atoms with Gasteiger partial charge in [0.2, 0.25) is 0 Å². The number of H-pyrrole nitrogens is 2. The molecular formula is C4H6N2. The fraction of sp³-hybridized carbons (Fsp3) is 0. The predicted octanol–water partition coefficient (Wildman–Crippen LogP) is 0.986. The Balaban J connectivity index is 2.74. The van der Waals surface area contributed by atoms with Gasteiger partial charge in [0.25, 0.3) is 0 Å². The number of rotatable bonds is 1. The smallest absolute Gasteiger partial charge is 0.0709 e. The van der Waals surface area contributed by atoms with Crippen LogP contribution in [0.1, 0.15) is 5.69 Å². The van der Waals surface area contributed by atoms with E-state index in [0.717, 1.165) is 5.69 Å². The zero-order chi connectivity index (χ0) is 4.41. The molecule has 2 nitrogen and oxygen atoms in total. The normalized spacial score (nSPS) is 8.67. The van der Waals surface area contributed by atoms with E-state index in [4.69, 9.17) is 0 Å². The summed E-state index contributed by atoms with van der Waals surface area (Å²) in [5.74, 6) is 0. The van der Waals surface area contributed by atoms with Crippen molar-refractivity contribution in [2.75, 3.05) is 0 Å². The predicted molar refractivity (Wildman–Crippen MR) is 25.2 cm³/mol. The summed E-state index contributed by atoms with van der Waals surface area (Å²) in [5, 5.41) is 5.52. The van der Waals surface area contributed by atoms with E-state index >= 15 is 0 Å². The van der Waals surface area contributed by atoms with E-state index in [1.54, 1.807) is 6.08 Å². The van der Waals surface area contributed by atoms with Gasteiger partial charge in [-0.1, -0.05) is 6.58 Å². The van der Waals surface area contributed by atoms with E-state index < -0.39 is 0 Å². The van der Waals surface area contributed by atoms with Crippen molar-refractivity contribution >= 4 is 6.08 Å². The molecule has 1 aromatic rings. The lowest BCUT2D eigenvalue weighted by Crippen LogP contribution is -1.87. The highest BCUT2D eigenvalue weighted by atomic mass is 15.1. The largest absolute Gasteiger partial charge is 0.306 e. The van der Waals surface area contributed by atoms with Gasteiger partial charge in [0.15, 0.2) is 0 Å². The van der Waals surface area contributed by atoms with Crippen molar-refractivity contribution in [2.24, 2.45) is 0 Å². The number of nitrogens with one attached hydrogen (secondary N) is 2. The van der Waals surface area contributed by atoms with E-state index in [9.17, 15) is 0 Å². The molecule has 0 aliphatic carbocycles. The van der Waals surface area contributed by atoms with E-state index in [1.165, 1.54) is 0 Å². The van der Waals surface area contributed by atoms with Crippen LogP contribution in [0.5, 0.6) is 0 Å². The molecule has 0 aliphatic heterocycles. The maximum absolute atomic E-state index is 3.51. The van der Waals surface area contributed by atoms with E-state index in [1.807, 2.05) is 6.20 Å². The third-order valence-corrected chi connectivity index (χ3v) is 0.664. The van der Waals surface area contributed by atoms with Crippen molar-refractivity contribution in [1.29, 1.82) is 0 Å². The summed E-state index contributed by atoms with van der Waals surface area (Å²) < 4.78 is 0. The first-order valence-corrected chi connectivity index (χ1v) is 1.77. The molecule has 0 bridgehead atoms. The van der Waals surface area contributed by atoms with Gasteiger partial charge in [0.05, 0.1) is 5.69 Å². The number of aromatic nitrogens is 2. The molecule has 0 fully saturated rings. The second kappa shape index (κ2) is 1.05. The van der Waals surface area contributed by atoms with Crippen molar-refractivity contribution in [2.45, 2.75) is 0 Å². The third kappa shape index (κ3) is 0.266. The van der Waals surface area contributed by atoms with Gasteiger partial charge in [-0.05, 0) is 6.08 Å². The topological polar surface area (TPSA) is 31.6 Å². The van der Waals surface area contributed by atoms with Crippen molar-refractivity contribution in [3.8, 4) is 0 Å². The Morgan fingerprint density at radius 2 is 2.50 bits per heavy atom. The van der Waals surface area contributed by atoms with E-state index in [-0.39, 0.29) is 0 Å². The van der Waals surface area contributed by atoms with E-state index in [0.29, 0.717) is 0 Å². The van der Waals surface area contributed by atoms with Gasteiger partial charge in [0.1, 0.15) is 0 Å². The lowest BCUT2D eigenvalue weighted by molar-refractivity contribution is 0.945.